The van der Waals surface area contributed by atoms with Gasteiger partial charge in [0, 0.05) is 30.6 Å². The number of nitrogens with one attached hydrogen (secondary N) is 1. The van der Waals surface area contributed by atoms with Gasteiger partial charge in [-0.3, -0.25) is 10.1 Å². The highest BCUT2D eigenvalue weighted by Crippen LogP contribution is 2.28. The molecule has 1 amide bonds. The molecular weight excluding hydrogens is 394 g/mol. The molecular formula is C20H21N3O3S2. The van der Waals surface area contributed by atoms with Crippen LogP contribution >= 0.6 is 11.3 Å². The number of thiazole rings is 1. The Balaban J connectivity index is 1.76. The summed E-state index contributed by atoms with van der Waals surface area (Å²) < 4.78 is 25.3. The third-order valence-corrected chi connectivity index (χ3v) is 6.86. The summed E-state index contributed by atoms with van der Waals surface area (Å²) >= 11 is 1.35. The van der Waals surface area contributed by atoms with E-state index in [-0.39, 0.29) is 10.8 Å². The zero-order valence-corrected chi connectivity index (χ0v) is 17.7. The lowest BCUT2D eigenvalue weighted by molar-refractivity contribution is 0.102. The van der Waals surface area contributed by atoms with E-state index >= 15 is 0 Å². The SMILES string of the molecule is Cc1ccc(-c2csc(NC(=O)c3ccc(S(=O)(=O)N(C)C)cc3)n2)c(C)c1. The average Bonchev–Trinajstić information content (AvgIpc) is 3.09. The Hall–Kier alpha value is -2.55. The van der Waals surface area contributed by atoms with Crippen molar-refractivity contribution in [3.8, 4) is 11.3 Å². The van der Waals surface area contributed by atoms with Crippen molar-refractivity contribution in [3.63, 3.8) is 0 Å². The van der Waals surface area contributed by atoms with Gasteiger partial charge in [0.05, 0.1) is 10.6 Å². The third kappa shape index (κ3) is 4.14. The molecule has 2 aromatic carbocycles. The van der Waals surface area contributed by atoms with E-state index in [9.17, 15) is 13.2 Å². The summed E-state index contributed by atoms with van der Waals surface area (Å²) in [6, 6.07) is 12.0. The lowest BCUT2D eigenvalue weighted by Crippen LogP contribution is -2.22. The van der Waals surface area contributed by atoms with Gasteiger partial charge in [-0.15, -0.1) is 11.3 Å². The van der Waals surface area contributed by atoms with Gasteiger partial charge in [0.15, 0.2) is 5.13 Å². The molecule has 1 N–H and O–H groups in total. The van der Waals surface area contributed by atoms with E-state index < -0.39 is 10.0 Å². The van der Waals surface area contributed by atoms with Crippen LogP contribution in [0, 0.1) is 13.8 Å². The highest BCUT2D eigenvalue weighted by atomic mass is 32.2. The summed E-state index contributed by atoms with van der Waals surface area (Å²) in [4.78, 5) is 17.1. The van der Waals surface area contributed by atoms with Gasteiger partial charge in [-0.25, -0.2) is 17.7 Å². The summed E-state index contributed by atoms with van der Waals surface area (Å²) in [5, 5.41) is 5.16. The molecule has 0 unspecified atom stereocenters. The smallest absolute Gasteiger partial charge is 0.257 e. The molecule has 1 heterocycles. The number of benzene rings is 2. The number of nitrogens with zero attached hydrogens (tertiary/aromatic N) is 2. The Bertz CT molecular complexity index is 1120. The predicted molar refractivity (Wildman–Crippen MR) is 112 cm³/mol. The van der Waals surface area contributed by atoms with Gasteiger partial charge in [0.25, 0.3) is 5.91 Å². The predicted octanol–water partition coefficient (Wildman–Crippen LogP) is 3.93. The van der Waals surface area contributed by atoms with Crippen LogP contribution in [0.2, 0.25) is 0 Å². The van der Waals surface area contributed by atoms with E-state index in [1.54, 1.807) is 0 Å². The topological polar surface area (TPSA) is 79.4 Å². The van der Waals surface area contributed by atoms with Crippen LogP contribution in [0.3, 0.4) is 0 Å². The van der Waals surface area contributed by atoms with Crippen molar-refractivity contribution in [1.29, 1.82) is 0 Å². The van der Waals surface area contributed by atoms with Gasteiger partial charge in [0.1, 0.15) is 0 Å². The second-order valence-electron chi connectivity index (χ2n) is 6.62. The fourth-order valence-electron chi connectivity index (χ4n) is 2.71. The van der Waals surface area contributed by atoms with E-state index in [0.717, 1.165) is 21.1 Å². The largest absolute Gasteiger partial charge is 0.298 e. The van der Waals surface area contributed by atoms with Gasteiger partial charge < -0.3 is 0 Å². The summed E-state index contributed by atoms with van der Waals surface area (Å²) in [5.41, 5.74) is 4.51. The summed E-state index contributed by atoms with van der Waals surface area (Å²) in [6.45, 7) is 4.07. The van der Waals surface area contributed by atoms with E-state index in [0.29, 0.717) is 10.7 Å². The number of carbonyl (C=O) groups is 1. The van der Waals surface area contributed by atoms with Gasteiger partial charge >= 0.3 is 0 Å². The van der Waals surface area contributed by atoms with Crippen molar-refractivity contribution in [3.05, 3.63) is 64.5 Å². The van der Waals surface area contributed by atoms with Crippen LogP contribution in [-0.4, -0.2) is 37.7 Å². The van der Waals surface area contributed by atoms with Gasteiger partial charge in [-0.2, -0.15) is 0 Å². The normalized spacial score (nSPS) is 11.6. The number of rotatable bonds is 5. The highest BCUT2D eigenvalue weighted by Gasteiger charge is 2.18. The maximum absolute atomic E-state index is 12.5. The molecule has 28 heavy (non-hydrogen) atoms. The van der Waals surface area contributed by atoms with Crippen molar-refractivity contribution in [2.24, 2.45) is 0 Å². The third-order valence-electron chi connectivity index (χ3n) is 4.28. The molecule has 3 aromatic rings. The number of carbonyl (C=O) groups excluding carboxylic acids is 1. The molecule has 0 spiro atoms. The fraction of sp³-hybridized carbons (Fsp3) is 0.200. The molecule has 0 atom stereocenters. The molecule has 0 bridgehead atoms. The second-order valence-corrected chi connectivity index (χ2v) is 9.63. The van der Waals surface area contributed by atoms with Crippen molar-refractivity contribution in [1.82, 2.24) is 9.29 Å². The maximum Gasteiger partial charge on any atom is 0.257 e. The molecule has 1 aromatic heterocycles. The molecule has 0 aliphatic carbocycles. The monoisotopic (exact) mass is 415 g/mol. The highest BCUT2D eigenvalue weighted by molar-refractivity contribution is 7.89. The Morgan fingerprint density at radius 3 is 2.36 bits per heavy atom. The standard InChI is InChI=1S/C20H21N3O3S2/c1-13-5-10-17(14(2)11-13)18-12-27-20(21-18)22-19(24)15-6-8-16(9-7-15)28(25,26)23(3)4/h5-12H,1-4H3,(H,21,22,24). The minimum absolute atomic E-state index is 0.139. The molecule has 0 saturated heterocycles. The number of hydrogen-bond donors (Lipinski definition) is 1. The molecule has 146 valence electrons. The maximum atomic E-state index is 12.5. The van der Waals surface area contributed by atoms with E-state index in [4.69, 9.17) is 0 Å². The average molecular weight is 416 g/mol. The first-order chi connectivity index (χ1) is 13.2. The molecule has 0 fully saturated rings. The summed E-state index contributed by atoms with van der Waals surface area (Å²) in [6.07, 6.45) is 0. The van der Waals surface area contributed by atoms with Crippen molar-refractivity contribution >= 4 is 32.4 Å². The Morgan fingerprint density at radius 2 is 1.75 bits per heavy atom. The van der Waals surface area contributed by atoms with Crippen LogP contribution in [0.1, 0.15) is 21.5 Å². The minimum Gasteiger partial charge on any atom is -0.298 e. The Labute approximate surface area is 168 Å². The molecule has 0 aliphatic heterocycles. The van der Waals surface area contributed by atoms with Crippen molar-refractivity contribution in [2.75, 3.05) is 19.4 Å². The fourth-order valence-corrected chi connectivity index (χ4v) is 4.32. The quantitative estimate of drug-likeness (QED) is 0.685. The summed E-state index contributed by atoms with van der Waals surface area (Å²) in [7, 11) is -0.593. The first-order valence-corrected chi connectivity index (χ1v) is 10.9. The minimum atomic E-state index is -3.52. The zero-order valence-electron chi connectivity index (χ0n) is 16.1. The molecule has 0 saturated carbocycles. The Morgan fingerprint density at radius 1 is 1.07 bits per heavy atom. The molecule has 0 aliphatic rings. The van der Waals surface area contributed by atoms with Gasteiger partial charge in [0.2, 0.25) is 10.0 Å². The number of aryl methyl sites for hydroxylation is 2. The number of amides is 1. The first kappa shape index (κ1) is 20.2. The summed E-state index contributed by atoms with van der Waals surface area (Å²) in [5.74, 6) is -0.338. The van der Waals surface area contributed by atoms with E-state index in [1.807, 2.05) is 31.4 Å². The second kappa shape index (κ2) is 7.83. The Kier molecular flexibility index (Phi) is 5.64. The van der Waals surface area contributed by atoms with Crippen LogP contribution in [0.5, 0.6) is 0 Å². The number of sulfonamides is 1. The van der Waals surface area contributed by atoms with E-state index in [1.165, 1.54) is 55.3 Å². The van der Waals surface area contributed by atoms with E-state index in [2.05, 4.69) is 16.4 Å². The number of anilines is 1. The molecule has 0 radical (unpaired) electrons. The lowest BCUT2D eigenvalue weighted by atomic mass is 10.0. The molecule has 3 rings (SSSR count). The molecule has 8 heteroatoms. The molecule has 6 nitrogen and oxygen atoms in total. The van der Waals surface area contributed by atoms with Crippen LogP contribution < -0.4 is 5.32 Å². The first-order valence-electron chi connectivity index (χ1n) is 8.55. The van der Waals surface area contributed by atoms with Crippen LogP contribution in [0.4, 0.5) is 5.13 Å². The number of hydrogen-bond acceptors (Lipinski definition) is 5. The van der Waals surface area contributed by atoms with Crippen molar-refractivity contribution in [2.45, 2.75) is 18.7 Å². The van der Waals surface area contributed by atoms with Crippen molar-refractivity contribution < 1.29 is 13.2 Å². The van der Waals surface area contributed by atoms with Gasteiger partial charge in [-0.05, 0) is 43.7 Å². The lowest BCUT2D eigenvalue weighted by Gasteiger charge is -2.11. The van der Waals surface area contributed by atoms with Crippen LogP contribution in [0.15, 0.2) is 52.7 Å². The van der Waals surface area contributed by atoms with Crippen LogP contribution in [-0.2, 0) is 10.0 Å². The number of aromatic nitrogens is 1. The zero-order chi connectivity index (χ0) is 20.5. The van der Waals surface area contributed by atoms with Crippen LogP contribution in [0.25, 0.3) is 11.3 Å². The van der Waals surface area contributed by atoms with Gasteiger partial charge in [-0.1, -0.05) is 23.8 Å².